The van der Waals surface area contributed by atoms with Crippen LogP contribution in [0.1, 0.15) is 17.0 Å². The van der Waals surface area contributed by atoms with E-state index in [9.17, 15) is 8.42 Å². The lowest BCUT2D eigenvalue weighted by atomic mass is 10.0. The van der Waals surface area contributed by atoms with Gasteiger partial charge in [-0.25, -0.2) is 8.42 Å². The predicted octanol–water partition coefficient (Wildman–Crippen LogP) is 2.84. The molecule has 0 unspecified atom stereocenters. The molecule has 0 bridgehead atoms. The molecule has 4 rings (SSSR count). The van der Waals surface area contributed by atoms with Crippen LogP contribution in [-0.4, -0.2) is 25.2 Å². The molecule has 1 aromatic heterocycles. The van der Waals surface area contributed by atoms with Gasteiger partial charge in [0, 0.05) is 6.54 Å². The number of nitrogens with zero attached hydrogens (tertiary/aromatic N) is 3. The Bertz CT molecular complexity index is 1050. The number of aromatic nitrogens is 2. The van der Waals surface area contributed by atoms with Gasteiger partial charge in [-0.05, 0) is 48.7 Å². The van der Waals surface area contributed by atoms with Gasteiger partial charge >= 0.3 is 0 Å². The summed E-state index contributed by atoms with van der Waals surface area (Å²) in [6.07, 6.45) is 1.70. The first-order chi connectivity index (χ1) is 13.0. The van der Waals surface area contributed by atoms with Gasteiger partial charge in [-0.15, -0.1) is 10.2 Å². The van der Waals surface area contributed by atoms with Crippen LogP contribution >= 0.6 is 11.3 Å². The van der Waals surface area contributed by atoms with Crippen LogP contribution < -0.4 is 14.8 Å². The molecule has 1 aliphatic heterocycles. The highest BCUT2D eigenvalue weighted by Gasteiger charge is 2.28. The van der Waals surface area contributed by atoms with E-state index in [1.54, 1.807) is 24.3 Å². The predicted molar refractivity (Wildman–Crippen MR) is 104 cm³/mol. The van der Waals surface area contributed by atoms with Gasteiger partial charge in [-0.2, -0.15) is 0 Å². The molecule has 27 heavy (non-hydrogen) atoms. The van der Waals surface area contributed by atoms with Crippen molar-refractivity contribution in [2.24, 2.45) is 0 Å². The van der Waals surface area contributed by atoms with Crippen molar-refractivity contribution >= 4 is 32.2 Å². The molecule has 0 saturated heterocycles. The zero-order chi connectivity index (χ0) is 18.9. The van der Waals surface area contributed by atoms with E-state index in [1.165, 1.54) is 15.6 Å². The lowest BCUT2D eigenvalue weighted by Crippen LogP contribution is -2.35. The number of nitrogens with two attached hydrogens (primary N) is 1. The number of sulfonamides is 1. The number of benzene rings is 2. The van der Waals surface area contributed by atoms with Crippen molar-refractivity contribution in [1.29, 1.82) is 0 Å². The van der Waals surface area contributed by atoms with Gasteiger partial charge in [0.15, 0.2) is 5.01 Å². The smallest absolute Gasteiger partial charge is 0.264 e. The Labute approximate surface area is 161 Å². The first kappa shape index (κ1) is 17.7. The van der Waals surface area contributed by atoms with Crippen LogP contribution in [0.4, 0.5) is 10.8 Å². The highest BCUT2D eigenvalue weighted by Crippen LogP contribution is 2.32. The van der Waals surface area contributed by atoms with E-state index >= 15 is 0 Å². The number of fused-ring (bicyclic) bond motifs is 1. The number of hydrogen-bond donors (Lipinski definition) is 1. The summed E-state index contributed by atoms with van der Waals surface area (Å²) in [4.78, 5) is 0.242. The second-order valence-corrected chi connectivity index (χ2v) is 9.06. The van der Waals surface area contributed by atoms with Crippen LogP contribution in [-0.2, 0) is 23.1 Å². The van der Waals surface area contributed by atoms with Crippen molar-refractivity contribution in [3.8, 4) is 5.75 Å². The van der Waals surface area contributed by atoms with Crippen LogP contribution in [0, 0.1) is 0 Å². The van der Waals surface area contributed by atoms with Gasteiger partial charge in [0.1, 0.15) is 12.4 Å². The van der Waals surface area contributed by atoms with Crippen molar-refractivity contribution in [2.45, 2.75) is 24.3 Å². The SMILES string of the molecule is Nc1nnc(COc2ccc(S(=O)(=O)N3CCCc4ccccc43)cc2)s1. The summed E-state index contributed by atoms with van der Waals surface area (Å²) in [5, 5.41) is 8.66. The molecule has 0 saturated carbocycles. The van der Waals surface area contributed by atoms with Gasteiger partial charge in [0.2, 0.25) is 5.13 Å². The van der Waals surface area contributed by atoms with Crippen molar-refractivity contribution in [3.05, 3.63) is 59.1 Å². The quantitative estimate of drug-likeness (QED) is 0.705. The summed E-state index contributed by atoms with van der Waals surface area (Å²) in [5.74, 6) is 0.557. The Hall–Kier alpha value is -2.65. The molecule has 0 fully saturated rings. The molecule has 0 spiro atoms. The van der Waals surface area contributed by atoms with E-state index in [-0.39, 0.29) is 11.5 Å². The van der Waals surface area contributed by atoms with Crippen LogP contribution in [0.5, 0.6) is 5.75 Å². The second-order valence-electron chi connectivity index (χ2n) is 6.10. The lowest BCUT2D eigenvalue weighted by molar-refractivity contribution is 0.304. The molecule has 7 nitrogen and oxygen atoms in total. The van der Waals surface area contributed by atoms with Gasteiger partial charge in [0.05, 0.1) is 10.6 Å². The molecule has 3 aromatic rings. The molecule has 0 aliphatic carbocycles. The summed E-state index contributed by atoms with van der Waals surface area (Å²) >= 11 is 1.25. The summed E-state index contributed by atoms with van der Waals surface area (Å²) in [7, 11) is -3.62. The van der Waals surface area contributed by atoms with Gasteiger partial charge in [-0.1, -0.05) is 29.5 Å². The first-order valence-corrected chi connectivity index (χ1v) is 10.7. The number of hydrogen-bond acceptors (Lipinski definition) is 7. The molecule has 0 radical (unpaired) electrons. The Morgan fingerprint density at radius 3 is 2.63 bits per heavy atom. The van der Waals surface area contributed by atoms with Gasteiger partial charge in [0.25, 0.3) is 10.0 Å². The number of rotatable bonds is 5. The van der Waals surface area contributed by atoms with Crippen molar-refractivity contribution < 1.29 is 13.2 Å². The van der Waals surface area contributed by atoms with E-state index in [4.69, 9.17) is 10.5 Å². The third-order valence-electron chi connectivity index (χ3n) is 4.32. The molecular formula is C18H18N4O3S2. The number of nitrogen functional groups attached to an aromatic ring is 1. The number of anilines is 2. The lowest BCUT2D eigenvalue weighted by Gasteiger charge is -2.30. The Kier molecular flexibility index (Phi) is 4.71. The van der Waals surface area contributed by atoms with Crippen LogP contribution in [0.2, 0.25) is 0 Å². The topological polar surface area (TPSA) is 98.4 Å². The maximum atomic E-state index is 13.1. The largest absolute Gasteiger partial charge is 0.486 e. The average molecular weight is 403 g/mol. The van der Waals surface area contributed by atoms with E-state index in [0.717, 1.165) is 24.1 Å². The van der Waals surface area contributed by atoms with E-state index in [1.807, 2.05) is 24.3 Å². The summed E-state index contributed by atoms with van der Waals surface area (Å²) in [6.45, 7) is 0.719. The molecule has 2 N–H and O–H groups in total. The minimum Gasteiger partial charge on any atom is -0.486 e. The number of para-hydroxylation sites is 1. The van der Waals surface area contributed by atoms with E-state index in [0.29, 0.717) is 22.4 Å². The monoisotopic (exact) mass is 402 g/mol. The zero-order valence-corrected chi connectivity index (χ0v) is 16.0. The maximum absolute atomic E-state index is 13.1. The second kappa shape index (κ2) is 7.16. The fourth-order valence-corrected chi connectivity index (χ4v) is 5.12. The standard InChI is InChI=1S/C18H18N4O3S2/c19-18-21-20-17(26-18)12-25-14-7-9-15(10-8-14)27(23,24)22-11-3-5-13-4-1-2-6-16(13)22/h1-2,4,6-10H,3,5,11-12H2,(H2,19,21). The van der Waals surface area contributed by atoms with E-state index < -0.39 is 10.0 Å². The highest BCUT2D eigenvalue weighted by atomic mass is 32.2. The molecule has 1 aliphatic rings. The van der Waals surface area contributed by atoms with Crippen LogP contribution in [0.25, 0.3) is 0 Å². The minimum absolute atomic E-state index is 0.237. The summed E-state index contributed by atoms with van der Waals surface area (Å²) in [6, 6.07) is 14.1. The molecule has 2 aromatic carbocycles. The Balaban J connectivity index is 1.53. The molecule has 9 heteroatoms. The minimum atomic E-state index is -3.62. The van der Waals surface area contributed by atoms with Gasteiger partial charge < -0.3 is 10.5 Å². The highest BCUT2D eigenvalue weighted by molar-refractivity contribution is 7.92. The zero-order valence-electron chi connectivity index (χ0n) is 14.4. The first-order valence-electron chi connectivity index (χ1n) is 8.45. The number of aryl methyl sites for hydroxylation is 1. The molecule has 0 amide bonds. The Morgan fingerprint density at radius 2 is 1.89 bits per heavy atom. The molecule has 140 valence electrons. The van der Waals surface area contributed by atoms with Crippen molar-refractivity contribution in [1.82, 2.24) is 10.2 Å². The number of ether oxygens (including phenoxy) is 1. The summed E-state index contributed by atoms with van der Waals surface area (Å²) < 4.78 is 33.3. The van der Waals surface area contributed by atoms with Crippen molar-refractivity contribution in [2.75, 3.05) is 16.6 Å². The van der Waals surface area contributed by atoms with Crippen molar-refractivity contribution in [3.63, 3.8) is 0 Å². The molecular weight excluding hydrogens is 384 g/mol. The average Bonchev–Trinajstić information content (AvgIpc) is 3.11. The fourth-order valence-electron chi connectivity index (χ4n) is 3.05. The Morgan fingerprint density at radius 1 is 1.11 bits per heavy atom. The third kappa shape index (κ3) is 3.60. The maximum Gasteiger partial charge on any atom is 0.264 e. The fraction of sp³-hybridized carbons (Fsp3) is 0.222. The van der Waals surface area contributed by atoms with E-state index in [2.05, 4.69) is 10.2 Å². The summed E-state index contributed by atoms with van der Waals surface area (Å²) in [5.41, 5.74) is 7.36. The molecule has 2 heterocycles. The van der Waals surface area contributed by atoms with Crippen LogP contribution in [0.15, 0.2) is 53.4 Å². The third-order valence-corrected chi connectivity index (χ3v) is 6.88. The van der Waals surface area contributed by atoms with Crippen LogP contribution in [0.3, 0.4) is 0 Å². The van der Waals surface area contributed by atoms with Gasteiger partial charge in [-0.3, -0.25) is 4.31 Å². The molecule has 0 atom stereocenters. The normalized spacial score (nSPS) is 14.0.